The molecule has 0 fully saturated rings. The summed E-state index contributed by atoms with van der Waals surface area (Å²) in [5.41, 5.74) is 4.33. The van der Waals surface area contributed by atoms with Crippen molar-refractivity contribution in [1.82, 2.24) is 9.97 Å². The van der Waals surface area contributed by atoms with Gasteiger partial charge in [-0.15, -0.1) is 11.3 Å². The van der Waals surface area contributed by atoms with Crippen LogP contribution in [0.4, 0.5) is 11.7 Å². The Balaban J connectivity index is 1.25. The number of carbonyl (C=O) groups excluding carboxylic acids is 2. The van der Waals surface area contributed by atoms with Crippen molar-refractivity contribution in [1.29, 1.82) is 0 Å². The Morgan fingerprint density at radius 1 is 0.969 bits per heavy atom. The highest BCUT2D eigenvalue weighted by Gasteiger charge is 2.15. The summed E-state index contributed by atoms with van der Waals surface area (Å²) in [7, 11) is 0. The number of amides is 2. The number of thiophene rings is 1. The zero-order valence-corrected chi connectivity index (χ0v) is 18.4. The fourth-order valence-corrected chi connectivity index (χ4v) is 4.75. The molecule has 9 heteroatoms. The monoisotopic (exact) mass is 460 g/mol. The van der Waals surface area contributed by atoms with Gasteiger partial charge in [0.2, 0.25) is 0 Å². The average Bonchev–Trinajstić information content (AvgIpc) is 3.54. The van der Waals surface area contributed by atoms with E-state index in [9.17, 15) is 9.59 Å². The van der Waals surface area contributed by atoms with Crippen LogP contribution in [0.25, 0.3) is 20.8 Å². The van der Waals surface area contributed by atoms with E-state index in [0.717, 1.165) is 20.8 Å². The fraction of sp³-hybridized carbons (Fsp3) is 0.0435. The topological polar surface area (TPSA) is 97.1 Å². The smallest absolute Gasteiger partial charge is 0.302 e. The fourth-order valence-electron chi connectivity index (χ4n) is 3.04. The van der Waals surface area contributed by atoms with Crippen molar-refractivity contribution in [2.24, 2.45) is 0 Å². The Labute approximate surface area is 190 Å². The van der Waals surface area contributed by atoms with Crippen LogP contribution < -0.4 is 10.6 Å². The van der Waals surface area contributed by atoms with Crippen molar-refractivity contribution in [2.45, 2.75) is 6.92 Å². The normalized spacial score (nSPS) is 10.9. The van der Waals surface area contributed by atoms with Crippen molar-refractivity contribution in [2.75, 3.05) is 10.6 Å². The van der Waals surface area contributed by atoms with E-state index >= 15 is 0 Å². The number of anilines is 2. The van der Waals surface area contributed by atoms with Crippen molar-refractivity contribution in [3.8, 4) is 10.6 Å². The van der Waals surface area contributed by atoms with Gasteiger partial charge in [0.15, 0.2) is 5.69 Å². The summed E-state index contributed by atoms with van der Waals surface area (Å²) in [6.07, 6.45) is 1.20. The van der Waals surface area contributed by atoms with Crippen molar-refractivity contribution in [3.63, 3.8) is 0 Å². The Morgan fingerprint density at radius 3 is 2.59 bits per heavy atom. The number of rotatable bonds is 5. The number of oxazole rings is 1. The molecule has 3 heterocycles. The van der Waals surface area contributed by atoms with E-state index in [1.54, 1.807) is 28.2 Å². The van der Waals surface area contributed by atoms with Crippen LogP contribution >= 0.6 is 22.7 Å². The molecule has 7 nitrogen and oxygen atoms in total. The van der Waals surface area contributed by atoms with Gasteiger partial charge >= 0.3 is 6.01 Å². The maximum atomic E-state index is 12.5. The van der Waals surface area contributed by atoms with Gasteiger partial charge < -0.3 is 9.73 Å². The molecular weight excluding hydrogens is 444 g/mol. The van der Waals surface area contributed by atoms with E-state index in [0.29, 0.717) is 11.3 Å². The van der Waals surface area contributed by atoms with Crippen LogP contribution in [0.2, 0.25) is 0 Å². The summed E-state index contributed by atoms with van der Waals surface area (Å²) in [6.45, 7) is 2.06. The molecule has 2 N–H and O–H groups in total. The molecule has 2 amide bonds. The number of nitrogens with one attached hydrogen (secondary N) is 2. The third-order valence-electron chi connectivity index (χ3n) is 4.67. The summed E-state index contributed by atoms with van der Waals surface area (Å²) in [4.78, 5) is 33.3. The number of nitrogens with zero attached hydrogens (tertiary/aromatic N) is 2. The van der Waals surface area contributed by atoms with Crippen molar-refractivity contribution >= 4 is 56.4 Å². The van der Waals surface area contributed by atoms with Crippen LogP contribution in [0.5, 0.6) is 0 Å². The minimum absolute atomic E-state index is 0.0345. The molecular formula is C23H16N4O3S2. The van der Waals surface area contributed by atoms with Gasteiger partial charge in [0.05, 0.1) is 15.8 Å². The SMILES string of the molecule is Cc1ccc2nc(-c3ccc(NC(=O)c4coc(NC(=O)c5ccsc5)n4)cc3)sc2c1. The summed E-state index contributed by atoms with van der Waals surface area (Å²) < 4.78 is 6.34. The molecule has 0 saturated carbocycles. The standard InChI is InChI=1S/C23H16N4O3S2/c1-13-2-7-17-19(10-13)32-22(25-17)14-3-5-16(6-4-14)24-21(29)18-11-30-23(26-18)27-20(28)15-8-9-31-12-15/h2-12H,1H3,(H,24,29)(H,26,27,28). The minimum Gasteiger partial charge on any atom is -0.431 e. The Kier molecular flexibility index (Phi) is 5.26. The average molecular weight is 461 g/mol. The number of carbonyl (C=O) groups is 2. The number of benzene rings is 2. The third-order valence-corrected chi connectivity index (χ3v) is 6.42. The first-order valence-corrected chi connectivity index (χ1v) is 11.4. The molecule has 0 spiro atoms. The van der Waals surface area contributed by atoms with E-state index in [2.05, 4.69) is 33.6 Å². The number of aryl methyl sites for hydroxylation is 1. The molecule has 2 aromatic carbocycles. The predicted octanol–water partition coefficient (Wildman–Crippen LogP) is 5.83. The molecule has 5 rings (SSSR count). The van der Waals surface area contributed by atoms with E-state index in [1.165, 1.54) is 23.2 Å². The largest absolute Gasteiger partial charge is 0.431 e. The third kappa shape index (κ3) is 4.16. The molecule has 0 aliphatic rings. The first-order chi connectivity index (χ1) is 15.5. The van der Waals surface area contributed by atoms with Crippen LogP contribution in [-0.2, 0) is 0 Å². The molecule has 3 aromatic heterocycles. The van der Waals surface area contributed by atoms with Crippen LogP contribution in [-0.4, -0.2) is 21.8 Å². The first kappa shape index (κ1) is 20.1. The van der Waals surface area contributed by atoms with Gasteiger partial charge in [-0.1, -0.05) is 6.07 Å². The summed E-state index contributed by atoms with van der Waals surface area (Å²) >= 11 is 3.04. The molecule has 0 aliphatic heterocycles. The molecule has 0 atom stereocenters. The number of hydrogen-bond donors (Lipinski definition) is 2. The highest BCUT2D eigenvalue weighted by Crippen LogP contribution is 2.31. The molecule has 158 valence electrons. The van der Waals surface area contributed by atoms with Gasteiger partial charge in [0, 0.05) is 16.6 Å². The number of fused-ring (bicyclic) bond motifs is 1. The molecule has 0 saturated heterocycles. The Bertz CT molecular complexity index is 1420. The van der Waals surface area contributed by atoms with Gasteiger partial charge in [-0.25, -0.2) is 4.98 Å². The summed E-state index contributed by atoms with van der Waals surface area (Å²) in [6, 6.07) is 15.3. The van der Waals surface area contributed by atoms with E-state index in [1.807, 2.05) is 36.4 Å². The lowest BCUT2D eigenvalue weighted by atomic mass is 10.2. The van der Waals surface area contributed by atoms with Gasteiger partial charge in [-0.3, -0.25) is 14.9 Å². The highest BCUT2D eigenvalue weighted by atomic mass is 32.1. The quantitative estimate of drug-likeness (QED) is 0.344. The van der Waals surface area contributed by atoms with Gasteiger partial charge in [0.1, 0.15) is 11.3 Å². The lowest BCUT2D eigenvalue weighted by Crippen LogP contribution is -2.14. The van der Waals surface area contributed by atoms with E-state index in [-0.39, 0.29) is 17.6 Å². The molecule has 0 unspecified atom stereocenters. The molecule has 32 heavy (non-hydrogen) atoms. The van der Waals surface area contributed by atoms with Crippen LogP contribution in [0.3, 0.4) is 0 Å². The van der Waals surface area contributed by atoms with E-state index in [4.69, 9.17) is 4.42 Å². The molecule has 0 bridgehead atoms. The minimum atomic E-state index is -0.437. The lowest BCUT2D eigenvalue weighted by Gasteiger charge is -2.03. The maximum absolute atomic E-state index is 12.5. The highest BCUT2D eigenvalue weighted by molar-refractivity contribution is 7.21. The summed E-state index contributed by atoms with van der Waals surface area (Å²) in [5, 5.41) is 9.74. The molecule has 0 radical (unpaired) electrons. The van der Waals surface area contributed by atoms with E-state index < -0.39 is 5.91 Å². The van der Waals surface area contributed by atoms with Gasteiger partial charge in [-0.2, -0.15) is 16.3 Å². The molecule has 0 aliphatic carbocycles. The maximum Gasteiger partial charge on any atom is 0.302 e. The van der Waals surface area contributed by atoms with Gasteiger partial charge in [0.25, 0.3) is 11.8 Å². The van der Waals surface area contributed by atoms with Crippen LogP contribution in [0.1, 0.15) is 26.4 Å². The lowest BCUT2D eigenvalue weighted by molar-refractivity contribution is 0.101. The van der Waals surface area contributed by atoms with Crippen LogP contribution in [0.15, 0.2) is 70.0 Å². The number of hydrogen-bond acceptors (Lipinski definition) is 7. The first-order valence-electron chi connectivity index (χ1n) is 9.63. The molecule has 5 aromatic rings. The number of thiazole rings is 1. The second-order valence-electron chi connectivity index (χ2n) is 7.03. The van der Waals surface area contributed by atoms with Gasteiger partial charge in [-0.05, 0) is 60.3 Å². The van der Waals surface area contributed by atoms with Crippen molar-refractivity contribution < 1.29 is 14.0 Å². The number of aromatic nitrogens is 2. The zero-order chi connectivity index (χ0) is 22.1. The predicted molar refractivity (Wildman–Crippen MR) is 127 cm³/mol. The summed E-state index contributed by atoms with van der Waals surface area (Å²) in [5.74, 6) is -0.784. The zero-order valence-electron chi connectivity index (χ0n) is 16.8. The second kappa shape index (κ2) is 8.37. The Hall–Kier alpha value is -3.82. The Morgan fingerprint density at radius 2 is 1.81 bits per heavy atom. The van der Waals surface area contributed by atoms with Crippen molar-refractivity contribution in [3.05, 3.63) is 82.4 Å². The van der Waals surface area contributed by atoms with Crippen LogP contribution in [0, 0.1) is 6.92 Å². The second-order valence-corrected chi connectivity index (χ2v) is 8.84.